The lowest BCUT2D eigenvalue weighted by Crippen LogP contribution is -2.31. The van der Waals surface area contributed by atoms with Crippen molar-refractivity contribution in [3.63, 3.8) is 0 Å². The summed E-state index contributed by atoms with van der Waals surface area (Å²) in [5.41, 5.74) is 2.15. The Morgan fingerprint density at radius 2 is 1.71 bits per heavy atom. The zero-order chi connectivity index (χ0) is 14.9. The summed E-state index contributed by atoms with van der Waals surface area (Å²) in [6.07, 6.45) is -3.02. The fraction of sp³-hybridized carbons (Fsp3) is 0.294. The second-order valence-electron chi connectivity index (χ2n) is 5.31. The van der Waals surface area contributed by atoms with Gasteiger partial charge in [0.2, 0.25) is 0 Å². The van der Waals surface area contributed by atoms with Crippen LogP contribution < -0.4 is 5.32 Å². The molecule has 0 aliphatic carbocycles. The number of hydrogen-bond acceptors (Lipinski definition) is 1. The SMILES string of the molecule is FC(F)(F)c1ccccc1C[C@@H]1NCCc2ccccc21. The predicted molar refractivity (Wildman–Crippen MR) is 76.0 cm³/mol. The van der Waals surface area contributed by atoms with Crippen molar-refractivity contribution in [2.45, 2.75) is 25.1 Å². The topological polar surface area (TPSA) is 12.0 Å². The molecular formula is C17H16F3N. The molecule has 0 bridgehead atoms. The van der Waals surface area contributed by atoms with Crippen LogP contribution in [-0.4, -0.2) is 6.54 Å². The van der Waals surface area contributed by atoms with Gasteiger partial charge in [-0.3, -0.25) is 0 Å². The molecule has 1 atom stereocenters. The van der Waals surface area contributed by atoms with Gasteiger partial charge in [0.25, 0.3) is 0 Å². The van der Waals surface area contributed by atoms with E-state index in [2.05, 4.69) is 11.4 Å². The number of alkyl halides is 3. The Hall–Kier alpha value is -1.81. The van der Waals surface area contributed by atoms with Crippen LogP contribution in [-0.2, 0) is 19.0 Å². The van der Waals surface area contributed by atoms with Crippen LogP contribution in [0, 0.1) is 0 Å². The van der Waals surface area contributed by atoms with E-state index in [-0.39, 0.29) is 6.04 Å². The Balaban J connectivity index is 1.92. The fourth-order valence-electron chi connectivity index (χ4n) is 2.97. The van der Waals surface area contributed by atoms with Gasteiger partial charge in [-0.2, -0.15) is 13.2 Å². The molecule has 0 saturated carbocycles. The van der Waals surface area contributed by atoms with Crippen LogP contribution >= 0.6 is 0 Å². The molecule has 2 aromatic rings. The lowest BCUT2D eigenvalue weighted by Gasteiger charge is -2.28. The van der Waals surface area contributed by atoms with E-state index in [9.17, 15) is 13.2 Å². The molecular weight excluding hydrogens is 275 g/mol. The summed E-state index contributed by atoms with van der Waals surface area (Å²) < 4.78 is 39.2. The number of nitrogens with one attached hydrogen (secondary N) is 1. The monoisotopic (exact) mass is 291 g/mol. The molecule has 2 aromatic carbocycles. The van der Waals surface area contributed by atoms with Crippen LogP contribution in [0.25, 0.3) is 0 Å². The number of halogens is 3. The minimum Gasteiger partial charge on any atom is -0.309 e. The van der Waals surface area contributed by atoms with Crippen molar-refractivity contribution in [2.24, 2.45) is 0 Å². The second-order valence-corrected chi connectivity index (χ2v) is 5.31. The van der Waals surface area contributed by atoms with Gasteiger partial charge in [-0.1, -0.05) is 42.5 Å². The summed E-state index contributed by atoms with van der Waals surface area (Å²) in [6.45, 7) is 0.801. The summed E-state index contributed by atoms with van der Waals surface area (Å²) in [4.78, 5) is 0. The van der Waals surface area contributed by atoms with Crippen LogP contribution in [0.3, 0.4) is 0 Å². The van der Waals surface area contributed by atoms with Crippen LogP contribution in [0.15, 0.2) is 48.5 Å². The van der Waals surface area contributed by atoms with Crippen LogP contribution in [0.5, 0.6) is 0 Å². The molecule has 3 rings (SSSR count). The summed E-state index contributed by atoms with van der Waals surface area (Å²) >= 11 is 0. The van der Waals surface area contributed by atoms with E-state index in [0.717, 1.165) is 24.6 Å². The standard InChI is InChI=1S/C17H16F3N/c18-17(19,20)15-8-4-2-6-13(15)11-16-14-7-3-1-5-12(14)9-10-21-16/h1-8,16,21H,9-11H2/t16-/m0/s1. The van der Waals surface area contributed by atoms with Crippen LogP contribution in [0.2, 0.25) is 0 Å². The van der Waals surface area contributed by atoms with Crippen LogP contribution in [0.4, 0.5) is 13.2 Å². The average molecular weight is 291 g/mol. The molecule has 1 nitrogen and oxygen atoms in total. The highest BCUT2D eigenvalue weighted by atomic mass is 19.4. The number of benzene rings is 2. The van der Waals surface area contributed by atoms with E-state index in [1.165, 1.54) is 11.6 Å². The van der Waals surface area contributed by atoms with Gasteiger partial charge in [0.15, 0.2) is 0 Å². The van der Waals surface area contributed by atoms with Crippen molar-refractivity contribution in [1.29, 1.82) is 0 Å². The van der Waals surface area contributed by atoms with Crippen molar-refractivity contribution in [3.05, 3.63) is 70.8 Å². The maximum Gasteiger partial charge on any atom is 0.416 e. The highest BCUT2D eigenvalue weighted by molar-refractivity contribution is 5.36. The van der Waals surface area contributed by atoms with Crippen molar-refractivity contribution in [2.75, 3.05) is 6.54 Å². The highest BCUT2D eigenvalue weighted by Crippen LogP contribution is 2.34. The number of hydrogen-bond donors (Lipinski definition) is 1. The molecule has 0 aromatic heterocycles. The summed E-state index contributed by atoms with van der Waals surface area (Å²) in [5.74, 6) is 0. The molecule has 1 aliphatic rings. The van der Waals surface area contributed by atoms with Crippen molar-refractivity contribution >= 4 is 0 Å². The first kappa shape index (κ1) is 14.1. The van der Waals surface area contributed by atoms with E-state index < -0.39 is 11.7 Å². The highest BCUT2D eigenvalue weighted by Gasteiger charge is 2.33. The smallest absolute Gasteiger partial charge is 0.309 e. The molecule has 1 heterocycles. The normalized spacial score (nSPS) is 18.3. The van der Waals surface area contributed by atoms with Gasteiger partial charge in [-0.25, -0.2) is 0 Å². The first-order chi connectivity index (χ1) is 10.1. The number of fused-ring (bicyclic) bond motifs is 1. The summed E-state index contributed by atoms with van der Waals surface area (Å²) in [5, 5.41) is 3.34. The molecule has 0 unspecified atom stereocenters. The largest absolute Gasteiger partial charge is 0.416 e. The Kier molecular flexibility index (Phi) is 3.72. The maximum atomic E-state index is 13.1. The lowest BCUT2D eigenvalue weighted by atomic mass is 9.89. The molecule has 0 amide bonds. The van der Waals surface area contributed by atoms with Gasteiger partial charge in [0, 0.05) is 6.04 Å². The zero-order valence-electron chi connectivity index (χ0n) is 11.5. The van der Waals surface area contributed by atoms with Crippen molar-refractivity contribution in [1.82, 2.24) is 5.32 Å². The Morgan fingerprint density at radius 1 is 1.00 bits per heavy atom. The molecule has 1 N–H and O–H groups in total. The zero-order valence-corrected chi connectivity index (χ0v) is 11.5. The third-order valence-corrected chi connectivity index (χ3v) is 3.96. The van der Waals surface area contributed by atoms with E-state index in [4.69, 9.17) is 0 Å². The minimum atomic E-state index is -4.30. The third kappa shape index (κ3) is 2.95. The van der Waals surface area contributed by atoms with Gasteiger partial charge in [-0.15, -0.1) is 0 Å². The van der Waals surface area contributed by atoms with E-state index in [0.29, 0.717) is 12.0 Å². The average Bonchev–Trinajstić information content (AvgIpc) is 2.47. The molecule has 0 spiro atoms. The maximum absolute atomic E-state index is 13.1. The van der Waals surface area contributed by atoms with Gasteiger partial charge in [0.1, 0.15) is 0 Å². The van der Waals surface area contributed by atoms with Gasteiger partial charge in [0.05, 0.1) is 5.56 Å². The van der Waals surface area contributed by atoms with Crippen molar-refractivity contribution < 1.29 is 13.2 Å². The van der Waals surface area contributed by atoms with Gasteiger partial charge >= 0.3 is 6.18 Å². The van der Waals surface area contributed by atoms with E-state index >= 15 is 0 Å². The molecule has 21 heavy (non-hydrogen) atoms. The third-order valence-electron chi connectivity index (χ3n) is 3.96. The first-order valence-corrected chi connectivity index (χ1v) is 7.02. The van der Waals surface area contributed by atoms with E-state index in [1.807, 2.05) is 18.2 Å². The van der Waals surface area contributed by atoms with E-state index in [1.54, 1.807) is 12.1 Å². The molecule has 0 radical (unpaired) electrons. The lowest BCUT2D eigenvalue weighted by molar-refractivity contribution is -0.138. The van der Waals surface area contributed by atoms with Crippen molar-refractivity contribution in [3.8, 4) is 0 Å². The summed E-state index contributed by atoms with van der Waals surface area (Å²) in [6, 6.07) is 13.7. The predicted octanol–water partition coefficient (Wildman–Crippen LogP) is 4.13. The second kappa shape index (κ2) is 5.53. The Labute approximate surface area is 121 Å². The Bertz CT molecular complexity index is 634. The minimum absolute atomic E-state index is 0.0570. The van der Waals surface area contributed by atoms with Gasteiger partial charge in [-0.05, 0) is 42.1 Å². The molecule has 0 fully saturated rings. The number of rotatable bonds is 2. The first-order valence-electron chi connectivity index (χ1n) is 7.02. The molecule has 0 saturated heterocycles. The quantitative estimate of drug-likeness (QED) is 0.877. The summed E-state index contributed by atoms with van der Waals surface area (Å²) in [7, 11) is 0. The van der Waals surface area contributed by atoms with Gasteiger partial charge < -0.3 is 5.32 Å². The molecule has 110 valence electrons. The fourth-order valence-corrected chi connectivity index (χ4v) is 2.97. The molecule has 4 heteroatoms. The van der Waals surface area contributed by atoms with Crippen LogP contribution in [0.1, 0.15) is 28.3 Å². The molecule has 1 aliphatic heterocycles. The Morgan fingerprint density at radius 3 is 2.52 bits per heavy atom.